The third kappa shape index (κ3) is 6.69. The van der Waals surface area contributed by atoms with Gasteiger partial charge in [-0.25, -0.2) is 0 Å². The Morgan fingerprint density at radius 1 is 0.383 bits per heavy atom. The summed E-state index contributed by atoms with van der Waals surface area (Å²) < 4.78 is 6.94. The van der Waals surface area contributed by atoms with Crippen LogP contribution in [0.1, 0.15) is 215 Å². The summed E-state index contributed by atoms with van der Waals surface area (Å²) in [6.07, 6.45) is 17.0. The summed E-state index contributed by atoms with van der Waals surface area (Å²) in [5.74, 6) is 3.77. The summed E-state index contributed by atoms with van der Waals surface area (Å²) in [5, 5.41) is 0. The van der Waals surface area contributed by atoms with Crippen LogP contribution in [0.5, 0.6) is 0 Å². The molecule has 2 aliphatic rings. The minimum absolute atomic E-state index is 0.447. The van der Waals surface area contributed by atoms with Crippen molar-refractivity contribution >= 4 is 7.74 Å². The van der Waals surface area contributed by atoms with Crippen LogP contribution in [0.15, 0.2) is 56.3 Å². The van der Waals surface area contributed by atoms with Gasteiger partial charge in [-0.3, -0.25) is 0 Å². The molecule has 0 heterocycles. The van der Waals surface area contributed by atoms with Gasteiger partial charge in [0.15, 0.2) is 0 Å². The molecule has 0 bridgehead atoms. The zero-order chi connectivity index (χ0) is 35.1. The van der Waals surface area contributed by atoms with Gasteiger partial charge >= 0.3 is 296 Å². The van der Waals surface area contributed by atoms with Crippen LogP contribution in [0.4, 0.5) is 0 Å². The van der Waals surface area contributed by atoms with Gasteiger partial charge in [0.2, 0.25) is 0 Å². The molecule has 0 unspecified atom stereocenters. The molecule has 2 aromatic rings. The second-order valence-electron chi connectivity index (χ2n) is 17.1. The van der Waals surface area contributed by atoms with Crippen molar-refractivity contribution in [1.29, 1.82) is 0 Å². The predicted octanol–water partition coefficient (Wildman–Crippen LogP) is 13.5. The van der Waals surface area contributed by atoms with Crippen molar-refractivity contribution in [2.24, 2.45) is 0 Å². The van der Waals surface area contributed by atoms with Crippen molar-refractivity contribution in [2.45, 2.75) is 171 Å². The Kier molecular flexibility index (Phi) is 12.0. The second kappa shape index (κ2) is 14.9. The van der Waals surface area contributed by atoms with E-state index in [1.54, 1.807) is 60.0 Å². The first-order valence-electron chi connectivity index (χ1n) is 19.1. The van der Waals surface area contributed by atoms with Crippen LogP contribution in [0.25, 0.3) is 0 Å². The standard InChI is InChI=1S/2C18H29.2C5H5.Ti/c2*1-11(2)15-9-10-16(12(3)4)18(14(7)8)17(15)13(5)6;2*1-2-4-5-3-1;/h2*9,11-14H,1-8H3;2*1-3H,4H2;. The summed E-state index contributed by atoms with van der Waals surface area (Å²) >= 11 is -3.55. The molecule has 0 atom stereocenters. The van der Waals surface area contributed by atoms with Gasteiger partial charge < -0.3 is 0 Å². The van der Waals surface area contributed by atoms with Crippen LogP contribution in [-0.2, 0) is 16.6 Å². The molecule has 0 amide bonds. The molecule has 0 nitrogen and oxygen atoms in total. The molecule has 0 radical (unpaired) electrons. The monoisotopic (exact) mass is 668 g/mol. The summed E-state index contributed by atoms with van der Waals surface area (Å²) in [6.45, 7) is 39.3. The zero-order valence-electron chi connectivity index (χ0n) is 33.2. The molecule has 47 heavy (non-hydrogen) atoms. The van der Waals surface area contributed by atoms with E-state index in [4.69, 9.17) is 0 Å². The summed E-state index contributed by atoms with van der Waals surface area (Å²) in [5.41, 5.74) is 13.1. The number of hydrogen-bond donors (Lipinski definition) is 0. The Balaban J connectivity index is 2.46. The Morgan fingerprint density at radius 2 is 0.681 bits per heavy atom. The van der Waals surface area contributed by atoms with E-state index < -0.39 is 16.6 Å². The van der Waals surface area contributed by atoms with E-state index in [9.17, 15) is 0 Å². The Morgan fingerprint density at radius 3 is 0.894 bits per heavy atom. The SMILES string of the molecule is CC(C)c1c[c]([Ti]([C]2=CC=CC2)([C]2=CC=CC2)[c]2cc(C(C)C)c(C(C)C)c(C(C)C)c2C(C)C)c(C(C)C)c(C(C)C)c1C(C)C. The first kappa shape index (κ1) is 37.9. The first-order chi connectivity index (χ1) is 22.0. The van der Waals surface area contributed by atoms with Crippen molar-refractivity contribution in [1.82, 2.24) is 0 Å². The van der Waals surface area contributed by atoms with Crippen molar-refractivity contribution in [2.75, 3.05) is 0 Å². The Hall–Kier alpha value is -1.89. The van der Waals surface area contributed by atoms with E-state index in [1.165, 1.54) is 0 Å². The molecular weight excluding hydrogens is 600 g/mol. The number of benzene rings is 2. The zero-order valence-corrected chi connectivity index (χ0v) is 34.7. The van der Waals surface area contributed by atoms with E-state index >= 15 is 0 Å². The molecular formula is C46H68Ti. The molecule has 0 aromatic heterocycles. The second-order valence-corrected chi connectivity index (χ2v) is 23.2. The third-order valence-corrected chi connectivity index (χ3v) is 19.0. The van der Waals surface area contributed by atoms with Gasteiger partial charge in [0.25, 0.3) is 0 Å². The van der Waals surface area contributed by atoms with E-state index in [2.05, 4.69) is 159 Å². The molecule has 0 fully saturated rings. The Bertz CT molecular complexity index is 1460. The molecule has 256 valence electrons. The van der Waals surface area contributed by atoms with Crippen LogP contribution in [-0.4, -0.2) is 0 Å². The van der Waals surface area contributed by atoms with Crippen molar-refractivity contribution < 1.29 is 16.6 Å². The van der Waals surface area contributed by atoms with Gasteiger partial charge in [0.05, 0.1) is 0 Å². The topological polar surface area (TPSA) is 0 Å². The third-order valence-electron chi connectivity index (χ3n) is 11.0. The molecule has 0 N–H and O–H groups in total. The number of rotatable bonds is 12. The summed E-state index contributed by atoms with van der Waals surface area (Å²) in [7, 11) is 0. The average molecular weight is 669 g/mol. The van der Waals surface area contributed by atoms with E-state index in [1.807, 2.05) is 0 Å². The maximum atomic E-state index is 2.81. The fraction of sp³-hybridized carbons (Fsp3) is 0.565. The van der Waals surface area contributed by atoms with E-state index in [0.717, 1.165) is 12.8 Å². The van der Waals surface area contributed by atoms with Gasteiger partial charge in [0, 0.05) is 0 Å². The Labute approximate surface area is 294 Å². The van der Waals surface area contributed by atoms with Gasteiger partial charge in [0.1, 0.15) is 0 Å². The fourth-order valence-electron chi connectivity index (χ4n) is 9.36. The molecule has 0 saturated carbocycles. The maximum absolute atomic E-state index is 3.55. The predicted molar refractivity (Wildman–Crippen MR) is 209 cm³/mol. The fourth-order valence-corrected chi connectivity index (χ4v) is 18.8. The van der Waals surface area contributed by atoms with Crippen LogP contribution in [0.3, 0.4) is 0 Å². The summed E-state index contributed by atoms with van der Waals surface area (Å²) in [4.78, 5) is 0. The molecule has 2 aromatic carbocycles. The minimum atomic E-state index is -3.55. The van der Waals surface area contributed by atoms with Crippen LogP contribution < -0.4 is 7.74 Å². The van der Waals surface area contributed by atoms with Crippen molar-refractivity contribution in [3.8, 4) is 0 Å². The van der Waals surface area contributed by atoms with Crippen molar-refractivity contribution in [3.05, 3.63) is 101 Å². The van der Waals surface area contributed by atoms with E-state index in [-0.39, 0.29) is 0 Å². The normalized spacial score (nSPS) is 15.4. The average Bonchev–Trinajstić information content (AvgIpc) is 3.71. The van der Waals surface area contributed by atoms with Gasteiger partial charge in [-0.05, 0) is 0 Å². The van der Waals surface area contributed by atoms with Gasteiger partial charge in [-0.1, -0.05) is 0 Å². The molecule has 1 heteroatoms. The van der Waals surface area contributed by atoms with Gasteiger partial charge in [-0.15, -0.1) is 0 Å². The van der Waals surface area contributed by atoms with E-state index in [0.29, 0.717) is 47.3 Å². The molecule has 0 spiro atoms. The van der Waals surface area contributed by atoms with Crippen LogP contribution in [0, 0.1) is 0 Å². The van der Waals surface area contributed by atoms with Crippen molar-refractivity contribution in [3.63, 3.8) is 0 Å². The molecule has 0 saturated heterocycles. The summed E-state index contributed by atoms with van der Waals surface area (Å²) in [6, 6.07) is 5.62. The molecule has 2 aliphatic carbocycles. The number of allylic oxidation sites excluding steroid dienone is 8. The van der Waals surface area contributed by atoms with Crippen LogP contribution in [0.2, 0.25) is 0 Å². The quantitative estimate of drug-likeness (QED) is 0.198. The van der Waals surface area contributed by atoms with Gasteiger partial charge in [-0.2, -0.15) is 0 Å². The molecule has 4 rings (SSSR count). The molecule has 0 aliphatic heterocycles. The first-order valence-corrected chi connectivity index (χ1v) is 22.3. The van der Waals surface area contributed by atoms with Crippen LogP contribution >= 0.6 is 0 Å². The number of hydrogen-bond acceptors (Lipinski definition) is 0.